The number of hydrogen-bond donors (Lipinski definition) is 1. The van der Waals surface area contributed by atoms with Crippen molar-refractivity contribution in [2.24, 2.45) is 5.92 Å². The molecule has 2 fully saturated rings. The molecule has 8 heteroatoms. The molecule has 1 amide bonds. The van der Waals surface area contributed by atoms with Crippen molar-refractivity contribution in [3.05, 3.63) is 18.0 Å². The van der Waals surface area contributed by atoms with E-state index in [1.807, 2.05) is 6.07 Å². The number of amides is 1. The van der Waals surface area contributed by atoms with E-state index >= 15 is 0 Å². The maximum absolute atomic E-state index is 12.9. The topological polar surface area (TPSA) is 52.2 Å². The van der Waals surface area contributed by atoms with Crippen LogP contribution >= 0.6 is 0 Å². The Morgan fingerprint density at radius 3 is 2.75 bits per heavy atom. The summed E-state index contributed by atoms with van der Waals surface area (Å²) < 4.78 is 38.7. The van der Waals surface area contributed by atoms with Crippen LogP contribution in [0.15, 0.2) is 12.3 Å². The van der Waals surface area contributed by atoms with E-state index in [-0.39, 0.29) is 25.4 Å². The molecule has 2 saturated heterocycles. The lowest BCUT2D eigenvalue weighted by Crippen LogP contribution is -2.49. The molecule has 0 spiro atoms. The first-order chi connectivity index (χ1) is 11.4. The van der Waals surface area contributed by atoms with Gasteiger partial charge in [0.25, 0.3) is 0 Å². The molecule has 3 heterocycles. The van der Waals surface area contributed by atoms with E-state index in [0.717, 1.165) is 31.6 Å². The Labute approximate surface area is 139 Å². The van der Waals surface area contributed by atoms with Gasteiger partial charge >= 0.3 is 6.18 Å². The monoisotopic (exact) mass is 344 g/mol. The van der Waals surface area contributed by atoms with Crippen LogP contribution in [-0.2, 0) is 4.79 Å². The molecule has 0 bridgehead atoms. The number of aromatic amines is 1. The second-order valence-electron chi connectivity index (χ2n) is 6.81. The molecule has 5 nitrogen and oxygen atoms in total. The first-order valence-electron chi connectivity index (χ1n) is 8.49. The lowest BCUT2D eigenvalue weighted by atomic mass is 9.94. The van der Waals surface area contributed by atoms with E-state index in [2.05, 4.69) is 15.1 Å². The van der Waals surface area contributed by atoms with Crippen molar-refractivity contribution in [3.63, 3.8) is 0 Å². The number of carbonyl (C=O) groups is 1. The summed E-state index contributed by atoms with van der Waals surface area (Å²) in [7, 11) is 0. The second kappa shape index (κ2) is 7.13. The van der Waals surface area contributed by atoms with Gasteiger partial charge in [0.2, 0.25) is 5.91 Å². The Kier molecular flexibility index (Phi) is 5.12. The van der Waals surface area contributed by atoms with Gasteiger partial charge in [-0.1, -0.05) is 0 Å². The Hall–Kier alpha value is -1.57. The summed E-state index contributed by atoms with van der Waals surface area (Å²) in [6.45, 7) is 2.00. The molecule has 0 aromatic carbocycles. The van der Waals surface area contributed by atoms with Crippen molar-refractivity contribution in [2.45, 2.75) is 37.8 Å². The average Bonchev–Trinajstić information content (AvgIpc) is 3.09. The Balaban J connectivity index is 1.54. The fourth-order valence-electron chi connectivity index (χ4n) is 3.71. The summed E-state index contributed by atoms with van der Waals surface area (Å²) in [5, 5.41) is 6.93. The molecule has 134 valence electrons. The molecule has 0 radical (unpaired) electrons. The summed E-state index contributed by atoms with van der Waals surface area (Å²) in [5.74, 6) is -1.26. The standard InChI is InChI=1S/C16H23F3N4O/c17-16(18,19)13-4-2-8-23(10-13)15(24)11-22-7-1-3-12(9-22)14-5-6-20-21-14/h5-6,12-13H,1-4,7-11H2,(H,20,21). The van der Waals surface area contributed by atoms with Crippen LogP contribution in [0.4, 0.5) is 13.2 Å². The normalized spacial score (nSPS) is 26.5. The van der Waals surface area contributed by atoms with E-state index in [9.17, 15) is 18.0 Å². The lowest BCUT2D eigenvalue weighted by Gasteiger charge is -2.36. The molecule has 1 N–H and O–H groups in total. The van der Waals surface area contributed by atoms with Crippen LogP contribution < -0.4 is 0 Å². The summed E-state index contributed by atoms with van der Waals surface area (Å²) in [6, 6.07) is 1.94. The minimum absolute atomic E-state index is 0.124. The maximum atomic E-state index is 12.9. The smallest absolute Gasteiger partial charge is 0.341 e. The number of rotatable bonds is 3. The Morgan fingerprint density at radius 2 is 2.04 bits per heavy atom. The molecule has 2 atom stereocenters. The first kappa shape index (κ1) is 17.3. The second-order valence-corrected chi connectivity index (χ2v) is 6.81. The van der Waals surface area contributed by atoms with Crippen LogP contribution in [0.3, 0.4) is 0 Å². The highest BCUT2D eigenvalue weighted by atomic mass is 19.4. The zero-order chi connectivity index (χ0) is 17.2. The number of nitrogens with zero attached hydrogens (tertiary/aromatic N) is 3. The lowest BCUT2D eigenvalue weighted by molar-refractivity contribution is -0.188. The molecule has 2 aliphatic heterocycles. The van der Waals surface area contributed by atoms with Crippen molar-refractivity contribution < 1.29 is 18.0 Å². The van der Waals surface area contributed by atoms with Crippen molar-refractivity contribution >= 4 is 5.91 Å². The summed E-state index contributed by atoms with van der Waals surface area (Å²) in [6.07, 6.45) is 0.0562. The highest BCUT2D eigenvalue weighted by molar-refractivity contribution is 5.78. The Bertz CT molecular complexity index is 546. The molecular weight excluding hydrogens is 321 g/mol. The van der Waals surface area contributed by atoms with E-state index in [4.69, 9.17) is 0 Å². The number of carbonyl (C=O) groups excluding carboxylic acids is 1. The number of aromatic nitrogens is 2. The van der Waals surface area contributed by atoms with Gasteiger partial charge in [0.15, 0.2) is 0 Å². The van der Waals surface area contributed by atoms with Crippen LogP contribution in [0.1, 0.15) is 37.3 Å². The number of H-pyrrole nitrogens is 1. The Morgan fingerprint density at radius 1 is 1.25 bits per heavy atom. The van der Waals surface area contributed by atoms with Crippen LogP contribution in [0, 0.1) is 5.92 Å². The van der Waals surface area contributed by atoms with Gasteiger partial charge in [-0.2, -0.15) is 18.3 Å². The third-order valence-corrected chi connectivity index (χ3v) is 5.06. The van der Waals surface area contributed by atoms with Crippen LogP contribution in [0.2, 0.25) is 0 Å². The number of halogens is 3. The fraction of sp³-hybridized carbons (Fsp3) is 0.750. The number of alkyl halides is 3. The van der Waals surface area contributed by atoms with Gasteiger partial charge in [0, 0.05) is 37.4 Å². The first-order valence-corrected chi connectivity index (χ1v) is 8.49. The highest BCUT2D eigenvalue weighted by Gasteiger charge is 2.42. The van der Waals surface area contributed by atoms with E-state index in [1.54, 1.807) is 6.20 Å². The van der Waals surface area contributed by atoms with E-state index in [1.165, 1.54) is 4.90 Å². The van der Waals surface area contributed by atoms with Crippen molar-refractivity contribution in [1.82, 2.24) is 20.0 Å². The van der Waals surface area contributed by atoms with Gasteiger partial charge in [-0.05, 0) is 38.3 Å². The van der Waals surface area contributed by atoms with Gasteiger partial charge in [-0.25, -0.2) is 0 Å². The summed E-state index contributed by atoms with van der Waals surface area (Å²) >= 11 is 0. The van der Waals surface area contributed by atoms with E-state index in [0.29, 0.717) is 18.9 Å². The molecule has 1 aromatic heterocycles. The van der Waals surface area contributed by atoms with Gasteiger partial charge in [-0.15, -0.1) is 0 Å². The average molecular weight is 344 g/mol. The number of hydrogen-bond acceptors (Lipinski definition) is 3. The number of nitrogens with one attached hydrogen (secondary N) is 1. The summed E-state index contributed by atoms with van der Waals surface area (Å²) in [4.78, 5) is 15.9. The largest absolute Gasteiger partial charge is 0.393 e. The predicted molar refractivity (Wildman–Crippen MR) is 82.4 cm³/mol. The molecule has 2 aliphatic rings. The highest BCUT2D eigenvalue weighted by Crippen LogP contribution is 2.33. The third-order valence-electron chi connectivity index (χ3n) is 5.06. The quantitative estimate of drug-likeness (QED) is 0.916. The van der Waals surface area contributed by atoms with Gasteiger partial charge < -0.3 is 4.90 Å². The van der Waals surface area contributed by atoms with Crippen molar-refractivity contribution in [2.75, 3.05) is 32.7 Å². The maximum Gasteiger partial charge on any atom is 0.393 e. The van der Waals surface area contributed by atoms with Crippen molar-refractivity contribution in [1.29, 1.82) is 0 Å². The molecule has 0 saturated carbocycles. The zero-order valence-electron chi connectivity index (χ0n) is 13.6. The van der Waals surface area contributed by atoms with Crippen LogP contribution in [-0.4, -0.2) is 64.8 Å². The molecule has 2 unspecified atom stereocenters. The third kappa shape index (κ3) is 4.09. The fourth-order valence-corrected chi connectivity index (χ4v) is 3.71. The van der Waals surface area contributed by atoms with Gasteiger partial charge in [0.1, 0.15) is 0 Å². The van der Waals surface area contributed by atoms with Crippen LogP contribution in [0.5, 0.6) is 0 Å². The molecular formula is C16H23F3N4O. The molecule has 0 aliphatic carbocycles. The van der Waals surface area contributed by atoms with Gasteiger partial charge in [0.05, 0.1) is 12.5 Å². The minimum atomic E-state index is -4.21. The molecule has 24 heavy (non-hydrogen) atoms. The van der Waals surface area contributed by atoms with Crippen molar-refractivity contribution in [3.8, 4) is 0 Å². The SMILES string of the molecule is O=C(CN1CCCC(c2ccn[nH]2)C1)N1CCCC(C(F)(F)F)C1. The molecule has 3 rings (SSSR count). The number of piperidine rings is 2. The zero-order valence-corrected chi connectivity index (χ0v) is 13.6. The van der Waals surface area contributed by atoms with Crippen LogP contribution in [0.25, 0.3) is 0 Å². The molecule has 1 aromatic rings. The predicted octanol–water partition coefficient (Wildman–Crippen LogP) is 2.39. The van der Waals surface area contributed by atoms with Gasteiger partial charge in [-0.3, -0.25) is 14.8 Å². The van der Waals surface area contributed by atoms with E-state index < -0.39 is 12.1 Å². The minimum Gasteiger partial charge on any atom is -0.341 e. The number of likely N-dealkylation sites (tertiary alicyclic amines) is 2. The summed E-state index contributed by atoms with van der Waals surface area (Å²) in [5.41, 5.74) is 1.06.